The topological polar surface area (TPSA) is 67.2 Å². The number of benzene rings is 1. The number of nitrogens with zero attached hydrogens (tertiary/aromatic N) is 2. The van der Waals surface area contributed by atoms with Crippen LogP contribution in [0.15, 0.2) is 30.5 Å². The van der Waals surface area contributed by atoms with Crippen LogP contribution in [0.25, 0.3) is 0 Å². The first kappa shape index (κ1) is 14.3. The van der Waals surface area contributed by atoms with Crippen molar-refractivity contribution in [3.05, 3.63) is 47.3 Å². The molecule has 0 bridgehead atoms. The summed E-state index contributed by atoms with van der Waals surface area (Å²) in [6.07, 6.45) is 3.09. The summed E-state index contributed by atoms with van der Waals surface area (Å²) < 4.78 is 1.67. The molecule has 1 amide bonds. The molecule has 0 saturated carbocycles. The number of nitrogens with one attached hydrogen (secondary N) is 1. The highest BCUT2D eigenvalue weighted by atomic mass is 16.2. The Labute approximate surface area is 118 Å². The van der Waals surface area contributed by atoms with Gasteiger partial charge in [0.2, 0.25) is 0 Å². The summed E-state index contributed by atoms with van der Waals surface area (Å²) in [6, 6.07) is 7.67. The molecule has 0 aliphatic carbocycles. The van der Waals surface area contributed by atoms with Crippen molar-refractivity contribution in [3.8, 4) is 0 Å². The molecule has 20 heavy (non-hydrogen) atoms. The number of aryl methyl sites for hydroxylation is 2. The molecule has 0 radical (unpaired) electrons. The third kappa shape index (κ3) is 3.24. The maximum Gasteiger partial charge on any atom is 0.259 e. The highest BCUT2D eigenvalue weighted by Gasteiger charge is 2.12. The van der Waals surface area contributed by atoms with Crippen LogP contribution in [0.5, 0.6) is 0 Å². The number of anilines is 1. The molecule has 0 saturated heterocycles. The monoisotopic (exact) mass is 273 g/mol. The number of aliphatic hydroxyl groups is 1. The van der Waals surface area contributed by atoms with Gasteiger partial charge in [-0.25, -0.2) is 0 Å². The summed E-state index contributed by atoms with van der Waals surface area (Å²) in [4.78, 5) is 12.2. The van der Waals surface area contributed by atoms with E-state index in [9.17, 15) is 4.79 Å². The second-order valence-corrected chi connectivity index (χ2v) is 4.75. The van der Waals surface area contributed by atoms with Crippen molar-refractivity contribution in [1.82, 2.24) is 9.78 Å². The average molecular weight is 273 g/mol. The zero-order valence-corrected chi connectivity index (χ0v) is 11.8. The Kier molecular flexibility index (Phi) is 4.53. The Morgan fingerprint density at radius 1 is 1.45 bits per heavy atom. The minimum atomic E-state index is -0.157. The van der Waals surface area contributed by atoms with Crippen molar-refractivity contribution >= 4 is 11.6 Å². The predicted octanol–water partition coefficient (Wildman–Crippen LogP) is 1.91. The maximum atomic E-state index is 12.2. The molecule has 1 aromatic heterocycles. The van der Waals surface area contributed by atoms with Gasteiger partial charge in [0.25, 0.3) is 5.91 Å². The molecule has 1 heterocycles. The Balaban J connectivity index is 2.09. The summed E-state index contributed by atoms with van der Waals surface area (Å²) in [5.74, 6) is -0.157. The molecule has 0 atom stereocenters. The van der Waals surface area contributed by atoms with E-state index in [2.05, 4.69) is 10.4 Å². The van der Waals surface area contributed by atoms with Crippen LogP contribution in [0.4, 0.5) is 5.69 Å². The van der Waals surface area contributed by atoms with Crippen LogP contribution in [-0.4, -0.2) is 27.4 Å². The van der Waals surface area contributed by atoms with Gasteiger partial charge >= 0.3 is 0 Å². The summed E-state index contributed by atoms with van der Waals surface area (Å²) in [6.45, 7) is 2.03. The van der Waals surface area contributed by atoms with Gasteiger partial charge in [0.1, 0.15) is 0 Å². The maximum absolute atomic E-state index is 12.2. The van der Waals surface area contributed by atoms with E-state index in [1.807, 2.05) is 38.2 Å². The number of aromatic nitrogens is 2. The molecule has 5 nitrogen and oxygen atoms in total. The quantitative estimate of drug-likeness (QED) is 0.874. The van der Waals surface area contributed by atoms with Crippen LogP contribution in [0.1, 0.15) is 28.0 Å². The van der Waals surface area contributed by atoms with Gasteiger partial charge in [0.05, 0.1) is 11.8 Å². The number of carbonyl (C=O) groups excluding carboxylic acids is 1. The van der Waals surface area contributed by atoms with Crippen LogP contribution in [0.3, 0.4) is 0 Å². The van der Waals surface area contributed by atoms with Gasteiger partial charge in [-0.05, 0) is 37.5 Å². The largest absolute Gasteiger partial charge is 0.396 e. The normalized spacial score (nSPS) is 10.6. The number of carbonyl (C=O) groups is 1. The van der Waals surface area contributed by atoms with E-state index in [-0.39, 0.29) is 12.5 Å². The SMILES string of the molecule is Cc1c(C(=O)Nc2cccc(CCCO)c2)cnn1C. The van der Waals surface area contributed by atoms with Gasteiger partial charge in [-0.3, -0.25) is 9.48 Å². The number of rotatable bonds is 5. The lowest BCUT2D eigenvalue weighted by Crippen LogP contribution is -2.13. The van der Waals surface area contributed by atoms with E-state index in [0.29, 0.717) is 5.56 Å². The minimum absolute atomic E-state index is 0.157. The summed E-state index contributed by atoms with van der Waals surface area (Å²) >= 11 is 0. The second-order valence-electron chi connectivity index (χ2n) is 4.75. The molecular formula is C15H19N3O2. The number of hydrogen-bond acceptors (Lipinski definition) is 3. The molecule has 2 rings (SSSR count). The van der Waals surface area contributed by atoms with E-state index in [0.717, 1.165) is 29.8 Å². The first-order valence-corrected chi connectivity index (χ1v) is 6.61. The Hall–Kier alpha value is -2.14. The first-order chi connectivity index (χ1) is 9.61. The van der Waals surface area contributed by atoms with Crippen molar-refractivity contribution in [1.29, 1.82) is 0 Å². The zero-order chi connectivity index (χ0) is 14.5. The average Bonchev–Trinajstić information content (AvgIpc) is 2.77. The molecular weight excluding hydrogens is 254 g/mol. The molecule has 0 unspecified atom stereocenters. The summed E-state index contributed by atoms with van der Waals surface area (Å²) in [5.41, 5.74) is 3.26. The summed E-state index contributed by atoms with van der Waals surface area (Å²) in [5, 5.41) is 15.8. The van der Waals surface area contributed by atoms with Crippen LogP contribution < -0.4 is 5.32 Å². The van der Waals surface area contributed by atoms with Crippen molar-refractivity contribution in [2.75, 3.05) is 11.9 Å². The standard InChI is InChI=1S/C15H19N3O2/c1-11-14(10-16-18(11)2)15(20)17-13-7-3-5-12(9-13)6-4-8-19/h3,5,7,9-10,19H,4,6,8H2,1-2H3,(H,17,20). The van der Waals surface area contributed by atoms with Crippen LogP contribution in [-0.2, 0) is 13.5 Å². The Bertz CT molecular complexity index is 605. The lowest BCUT2D eigenvalue weighted by atomic mass is 10.1. The first-order valence-electron chi connectivity index (χ1n) is 6.61. The van der Waals surface area contributed by atoms with Gasteiger partial charge in [-0.15, -0.1) is 0 Å². The van der Waals surface area contributed by atoms with Gasteiger partial charge in [0.15, 0.2) is 0 Å². The molecule has 0 aliphatic rings. The third-order valence-corrected chi connectivity index (χ3v) is 3.29. The van der Waals surface area contributed by atoms with Gasteiger partial charge in [-0.1, -0.05) is 12.1 Å². The van der Waals surface area contributed by atoms with E-state index in [1.54, 1.807) is 10.9 Å². The molecule has 1 aromatic carbocycles. The summed E-state index contributed by atoms with van der Waals surface area (Å²) in [7, 11) is 1.81. The van der Waals surface area contributed by atoms with Crippen LogP contribution in [0, 0.1) is 6.92 Å². The van der Waals surface area contributed by atoms with Crippen molar-refractivity contribution in [2.24, 2.45) is 7.05 Å². The Morgan fingerprint density at radius 3 is 2.90 bits per heavy atom. The fourth-order valence-corrected chi connectivity index (χ4v) is 2.01. The highest BCUT2D eigenvalue weighted by molar-refractivity contribution is 6.04. The van der Waals surface area contributed by atoms with Gasteiger partial charge < -0.3 is 10.4 Å². The zero-order valence-electron chi connectivity index (χ0n) is 11.8. The smallest absolute Gasteiger partial charge is 0.259 e. The second kappa shape index (κ2) is 6.34. The van der Waals surface area contributed by atoms with Crippen molar-refractivity contribution in [2.45, 2.75) is 19.8 Å². The Morgan fingerprint density at radius 2 is 2.25 bits per heavy atom. The fraction of sp³-hybridized carbons (Fsp3) is 0.333. The van der Waals surface area contributed by atoms with Crippen molar-refractivity contribution < 1.29 is 9.90 Å². The number of aliphatic hydroxyl groups excluding tert-OH is 1. The lowest BCUT2D eigenvalue weighted by molar-refractivity contribution is 0.102. The van der Waals surface area contributed by atoms with Crippen LogP contribution in [0.2, 0.25) is 0 Å². The van der Waals surface area contributed by atoms with E-state index >= 15 is 0 Å². The van der Waals surface area contributed by atoms with Crippen LogP contribution >= 0.6 is 0 Å². The number of hydrogen-bond donors (Lipinski definition) is 2. The highest BCUT2D eigenvalue weighted by Crippen LogP contribution is 2.14. The van der Waals surface area contributed by atoms with Gasteiger partial charge in [-0.2, -0.15) is 5.10 Å². The fourth-order valence-electron chi connectivity index (χ4n) is 2.01. The number of amides is 1. The predicted molar refractivity (Wildman–Crippen MR) is 77.7 cm³/mol. The molecule has 5 heteroatoms. The molecule has 0 fully saturated rings. The molecule has 106 valence electrons. The third-order valence-electron chi connectivity index (χ3n) is 3.29. The lowest BCUT2D eigenvalue weighted by Gasteiger charge is -2.07. The van der Waals surface area contributed by atoms with Gasteiger partial charge in [0, 0.05) is 25.0 Å². The van der Waals surface area contributed by atoms with E-state index in [4.69, 9.17) is 5.11 Å². The van der Waals surface area contributed by atoms with Crippen molar-refractivity contribution in [3.63, 3.8) is 0 Å². The molecule has 2 N–H and O–H groups in total. The van der Waals surface area contributed by atoms with E-state index < -0.39 is 0 Å². The van der Waals surface area contributed by atoms with E-state index in [1.165, 1.54) is 0 Å². The molecule has 2 aromatic rings. The molecule has 0 aliphatic heterocycles. The minimum Gasteiger partial charge on any atom is -0.396 e. The molecule has 0 spiro atoms.